The molecule has 2 aromatic rings. The minimum atomic E-state index is -0.449. The molecule has 2 rings (SSSR count). The van der Waals surface area contributed by atoms with Gasteiger partial charge in [0, 0.05) is 18.3 Å². The molecule has 5 heteroatoms. The Hall–Kier alpha value is -2.43. The molecule has 0 unspecified atom stereocenters. The van der Waals surface area contributed by atoms with Crippen LogP contribution in [0, 0.1) is 5.21 Å². The zero-order chi connectivity index (χ0) is 13.0. The van der Waals surface area contributed by atoms with E-state index >= 15 is 0 Å². The molecule has 0 fully saturated rings. The average Bonchev–Trinajstić information content (AvgIpc) is 2.40. The van der Waals surface area contributed by atoms with Crippen LogP contribution in [0.25, 0.3) is 11.4 Å². The molecule has 18 heavy (non-hydrogen) atoms. The van der Waals surface area contributed by atoms with E-state index in [2.05, 4.69) is 4.98 Å². The van der Waals surface area contributed by atoms with Crippen LogP contribution in [-0.4, -0.2) is 17.6 Å². The molecule has 0 amide bonds. The van der Waals surface area contributed by atoms with E-state index in [1.54, 1.807) is 31.3 Å². The lowest BCUT2D eigenvalue weighted by atomic mass is 10.2. The number of hydrogen-bond donors (Lipinski definition) is 0. The van der Waals surface area contributed by atoms with Crippen molar-refractivity contribution >= 4 is 5.97 Å². The minimum Gasteiger partial charge on any atom is -0.618 e. The Morgan fingerprint density at radius 2 is 2.28 bits per heavy atom. The van der Waals surface area contributed by atoms with Gasteiger partial charge in [-0.3, -0.25) is 0 Å². The van der Waals surface area contributed by atoms with Crippen molar-refractivity contribution in [2.24, 2.45) is 0 Å². The van der Waals surface area contributed by atoms with Gasteiger partial charge in [0.05, 0.1) is 12.2 Å². The highest BCUT2D eigenvalue weighted by atomic mass is 16.5. The lowest BCUT2D eigenvalue weighted by Crippen LogP contribution is -2.29. The summed E-state index contributed by atoms with van der Waals surface area (Å²) in [5.74, 6) is -0.449. The van der Waals surface area contributed by atoms with Crippen LogP contribution < -0.4 is 4.73 Å². The average molecular weight is 244 g/mol. The summed E-state index contributed by atoms with van der Waals surface area (Å²) in [7, 11) is 0. The van der Waals surface area contributed by atoms with Crippen molar-refractivity contribution in [2.75, 3.05) is 6.61 Å². The number of carbonyl (C=O) groups is 1. The summed E-state index contributed by atoms with van der Waals surface area (Å²) in [6.07, 6.45) is 2.86. The highest BCUT2D eigenvalue weighted by Crippen LogP contribution is 2.13. The second-order valence-electron chi connectivity index (χ2n) is 3.56. The van der Waals surface area contributed by atoms with Gasteiger partial charge in [0.15, 0.2) is 6.20 Å². The number of ether oxygens (including phenoxy) is 1. The van der Waals surface area contributed by atoms with Gasteiger partial charge in [-0.15, -0.1) is 0 Å². The number of rotatable bonds is 3. The van der Waals surface area contributed by atoms with E-state index in [-0.39, 0.29) is 0 Å². The predicted molar refractivity (Wildman–Crippen MR) is 64.6 cm³/mol. The first-order chi connectivity index (χ1) is 8.72. The number of carbonyl (C=O) groups excluding carboxylic acids is 1. The predicted octanol–water partition coefficient (Wildman–Crippen LogP) is 1.56. The van der Waals surface area contributed by atoms with Gasteiger partial charge >= 0.3 is 5.97 Å². The van der Waals surface area contributed by atoms with E-state index in [1.807, 2.05) is 0 Å². The van der Waals surface area contributed by atoms with E-state index < -0.39 is 5.97 Å². The molecule has 0 saturated heterocycles. The Labute approximate surface area is 104 Å². The van der Waals surface area contributed by atoms with Gasteiger partial charge < -0.3 is 9.94 Å². The smallest absolute Gasteiger partial charge is 0.338 e. The molecule has 0 aliphatic heterocycles. The number of esters is 1. The Bertz CT molecular complexity index is 555. The van der Waals surface area contributed by atoms with Crippen molar-refractivity contribution in [2.45, 2.75) is 6.92 Å². The molecule has 5 nitrogen and oxygen atoms in total. The maximum absolute atomic E-state index is 11.7. The molecule has 0 spiro atoms. The summed E-state index contributed by atoms with van der Waals surface area (Å²) in [6.45, 7) is 2.03. The first kappa shape index (κ1) is 12.0. The van der Waals surface area contributed by atoms with Gasteiger partial charge in [0.25, 0.3) is 0 Å². The summed E-state index contributed by atoms with van der Waals surface area (Å²) in [4.78, 5) is 15.7. The van der Waals surface area contributed by atoms with Crippen molar-refractivity contribution in [3.05, 3.63) is 53.5 Å². The normalized spacial score (nSPS) is 10.1. The highest BCUT2D eigenvalue weighted by Gasteiger charge is 2.15. The van der Waals surface area contributed by atoms with Crippen molar-refractivity contribution in [3.8, 4) is 11.4 Å². The standard InChI is InChI=1S/C13H12N2O3/c1-2-18-13(16)10-6-8-15(17)12(9-10)11-5-3-4-7-14-11/h3-9H,2H2,1H3. The SMILES string of the molecule is CCOC(=O)c1cc[n+]([O-])c(-c2ccccn2)c1. The molecule has 2 aromatic heterocycles. The zero-order valence-electron chi connectivity index (χ0n) is 9.87. The number of pyridine rings is 2. The van der Waals surface area contributed by atoms with Gasteiger partial charge in [0.1, 0.15) is 5.69 Å². The molecule has 0 bridgehead atoms. The summed E-state index contributed by atoms with van der Waals surface area (Å²) < 4.78 is 5.56. The van der Waals surface area contributed by atoms with Crippen molar-refractivity contribution < 1.29 is 14.3 Å². The molecule has 0 radical (unpaired) electrons. The summed E-state index contributed by atoms with van der Waals surface area (Å²) in [5, 5.41) is 11.7. The highest BCUT2D eigenvalue weighted by molar-refractivity contribution is 5.90. The first-order valence-electron chi connectivity index (χ1n) is 5.54. The molecule has 0 atom stereocenters. The van der Waals surface area contributed by atoms with Crippen LogP contribution in [0.5, 0.6) is 0 Å². The molecule has 0 aliphatic carbocycles. The summed E-state index contributed by atoms with van der Waals surface area (Å²) in [5.41, 5.74) is 1.17. The third-order valence-corrected chi connectivity index (χ3v) is 2.36. The van der Waals surface area contributed by atoms with E-state index in [0.717, 1.165) is 0 Å². The van der Waals surface area contributed by atoms with E-state index in [9.17, 15) is 10.0 Å². The number of aromatic nitrogens is 2. The second kappa shape index (κ2) is 5.27. The quantitative estimate of drug-likeness (QED) is 0.467. The van der Waals surface area contributed by atoms with E-state index in [0.29, 0.717) is 28.3 Å². The number of hydrogen-bond acceptors (Lipinski definition) is 4. The van der Waals surface area contributed by atoms with Gasteiger partial charge in [-0.1, -0.05) is 6.07 Å². The van der Waals surface area contributed by atoms with Crippen molar-refractivity contribution in [1.29, 1.82) is 0 Å². The zero-order valence-corrected chi connectivity index (χ0v) is 9.87. The van der Waals surface area contributed by atoms with Crippen LogP contribution in [0.15, 0.2) is 42.7 Å². The summed E-state index contributed by atoms with van der Waals surface area (Å²) >= 11 is 0. The summed E-state index contributed by atoms with van der Waals surface area (Å²) in [6, 6.07) is 8.15. The maximum Gasteiger partial charge on any atom is 0.338 e. The van der Waals surface area contributed by atoms with Crippen molar-refractivity contribution in [1.82, 2.24) is 4.98 Å². The van der Waals surface area contributed by atoms with Crippen molar-refractivity contribution in [3.63, 3.8) is 0 Å². The Balaban J connectivity index is 2.42. The lowest BCUT2D eigenvalue weighted by molar-refractivity contribution is -0.593. The van der Waals surface area contributed by atoms with Crippen LogP contribution in [0.3, 0.4) is 0 Å². The first-order valence-corrected chi connectivity index (χ1v) is 5.54. The van der Waals surface area contributed by atoms with Gasteiger partial charge in [0.2, 0.25) is 5.69 Å². The van der Waals surface area contributed by atoms with Gasteiger partial charge in [-0.05, 0) is 19.1 Å². The van der Waals surface area contributed by atoms with Crippen LogP contribution in [0.1, 0.15) is 17.3 Å². The van der Waals surface area contributed by atoms with Gasteiger partial charge in [-0.2, -0.15) is 4.73 Å². The van der Waals surface area contributed by atoms with Crippen LogP contribution in [0.4, 0.5) is 0 Å². The topological polar surface area (TPSA) is 66.1 Å². The molecule has 0 N–H and O–H groups in total. The Morgan fingerprint density at radius 1 is 1.44 bits per heavy atom. The third-order valence-electron chi connectivity index (χ3n) is 2.36. The largest absolute Gasteiger partial charge is 0.618 e. The van der Waals surface area contributed by atoms with Gasteiger partial charge in [-0.25, -0.2) is 9.78 Å². The van der Waals surface area contributed by atoms with Crippen LogP contribution in [0.2, 0.25) is 0 Å². The second-order valence-corrected chi connectivity index (χ2v) is 3.56. The molecular formula is C13H12N2O3. The lowest BCUT2D eigenvalue weighted by Gasteiger charge is -2.06. The molecule has 0 saturated carbocycles. The molecule has 2 heterocycles. The monoisotopic (exact) mass is 244 g/mol. The van der Waals surface area contributed by atoms with Crippen LogP contribution in [-0.2, 0) is 4.74 Å². The molecular weight excluding hydrogens is 232 g/mol. The minimum absolute atomic E-state index is 0.296. The Morgan fingerprint density at radius 3 is 2.94 bits per heavy atom. The Kier molecular flexibility index (Phi) is 3.52. The molecule has 0 aliphatic rings. The maximum atomic E-state index is 11.7. The van der Waals surface area contributed by atoms with E-state index in [1.165, 1.54) is 18.3 Å². The fourth-order valence-corrected chi connectivity index (χ4v) is 1.53. The molecule has 92 valence electrons. The third kappa shape index (κ3) is 2.45. The fourth-order valence-electron chi connectivity index (χ4n) is 1.53. The molecule has 0 aromatic carbocycles. The fraction of sp³-hybridized carbons (Fsp3) is 0.154. The number of nitrogens with zero attached hydrogens (tertiary/aromatic N) is 2. The van der Waals surface area contributed by atoms with Crippen LogP contribution >= 0.6 is 0 Å². The van der Waals surface area contributed by atoms with E-state index in [4.69, 9.17) is 4.74 Å².